The standard InChI is InChI=1S/C13H24O3Si/c1-5-15-12(14)11-10-8-6-7-9-13(10,11)16-17(2,3)4/h10-11H,5-9H2,1-4H3. The molecule has 2 rings (SSSR count). The minimum absolute atomic E-state index is 0.0247. The Bertz CT molecular complexity index is 310. The molecule has 0 aromatic rings. The highest BCUT2D eigenvalue weighted by atomic mass is 28.4. The summed E-state index contributed by atoms with van der Waals surface area (Å²) in [7, 11) is -1.59. The number of carbonyl (C=O) groups excluding carboxylic acids is 1. The van der Waals surface area contributed by atoms with Gasteiger partial charge in [-0.05, 0) is 39.4 Å². The normalized spacial score (nSPS) is 36.2. The summed E-state index contributed by atoms with van der Waals surface area (Å²) in [5.74, 6) is 0.427. The van der Waals surface area contributed by atoms with E-state index in [1.807, 2.05) is 6.92 Å². The maximum Gasteiger partial charge on any atom is 0.312 e. The predicted molar refractivity (Wildman–Crippen MR) is 69.2 cm³/mol. The van der Waals surface area contributed by atoms with E-state index in [9.17, 15) is 4.79 Å². The Labute approximate surface area is 105 Å². The first-order chi connectivity index (χ1) is 7.91. The smallest absolute Gasteiger partial charge is 0.312 e. The van der Waals surface area contributed by atoms with Crippen LogP contribution in [0, 0.1) is 11.8 Å². The Morgan fingerprint density at radius 2 is 2.06 bits per heavy atom. The average molecular weight is 256 g/mol. The third-order valence-corrected chi connectivity index (χ3v) is 4.81. The van der Waals surface area contributed by atoms with Gasteiger partial charge in [0.2, 0.25) is 0 Å². The number of hydrogen-bond acceptors (Lipinski definition) is 3. The van der Waals surface area contributed by atoms with E-state index in [1.54, 1.807) is 0 Å². The molecule has 17 heavy (non-hydrogen) atoms. The van der Waals surface area contributed by atoms with Gasteiger partial charge in [0.05, 0.1) is 18.1 Å². The van der Waals surface area contributed by atoms with E-state index >= 15 is 0 Å². The predicted octanol–water partition coefficient (Wildman–Crippen LogP) is 2.96. The van der Waals surface area contributed by atoms with Gasteiger partial charge in [0.15, 0.2) is 8.32 Å². The lowest BCUT2D eigenvalue weighted by Gasteiger charge is -2.30. The van der Waals surface area contributed by atoms with Crippen molar-refractivity contribution < 1.29 is 14.0 Å². The van der Waals surface area contributed by atoms with Crippen LogP contribution in [0.3, 0.4) is 0 Å². The zero-order valence-electron chi connectivity index (χ0n) is 11.4. The molecular formula is C13H24O3Si. The second kappa shape index (κ2) is 4.39. The van der Waals surface area contributed by atoms with Crippen LogP contribution in [0.25, 0.3) is 0 Å². The molecule has 0 saturated heterocycles. The van der Waals surface area contributed by atoms with Gasteiger partial charge in [-0.2, -0.15) is 0 Å². The van der Waals surface area contributed by atoms with Gasteiger partial charge >= 0.3 is 5.97 Å². The average Bonchev–Trinajstić information content (AvgIpc) is 2.83. The molecule has 2 saturated carbocycles. The number of fused-ring (bicyclic) bond motifs is 1. The monoisotopic (exact) mass is 256 g/mol. The summed E-state index contributed by atoms with van der Waals surface area (Å²) in [5, 5.41) is 0. The number of rotatable bonds is 4. The fourth-order valence-corrected chi connectivity index (χ4v) is 4.89. The van der Waals surface area contributed by atoms with Crippen LogP contribution in [0.4, 0.5) is 0 Å². The van der Waals surface area contributed by atoms with Gasteiger partial charge in [0.1, 0.15) is 0 Å². The summed E-state index contributed by atoms with van der Waals surface area (Å²) in [6.45, 7) is 8.96. The van der Waals surface area contributed by atoms with Crippen LogP contribution < -0.4 is 0 Å². The number of esters is 1. The summed E-state index contributed by atoms with van der Waals surface area (Å²) >= 11 is 0. The molecule has 0 N–H and O–H groups in total. The van der Waals surface area contributed by atoms with Crippen LogP contribution in [-0.4, -0.2) is 26.5 Å². The largest absolute Gasteiger partial charge is 0.466 e. The molecule has 3 unspecified atom stereocenters. The zero-order chi connectivity index (χ0) is 12.7. The first kappa shape index (κ1) is 13.1. The molecule has 3 atom stereocenters. The molecule has 0 spiro atoms. The summed E-state index contributed by atoms with van der Waals surface area (Å²) in [4.78, 5) is 12.0. The SMILES string of the molecule is CCOC(=O)C1C2CCCCC21O[Si](C)(C)C. The topological polar surface area (TPSA) is 35.5 Å². The van der Waals surface area contributed by atoms with Gasteiger partial charge in [-0.25, -0.2) is 0 Å². The summed E-state index contributed by atoms with van der Waals surface area (Å²) in [6.07, 6.45) is 4.60. The maximum absolute atomic E-state index is 12.0. The lowest BCUT2D eigenvalue weighted by molar-refractivity contribution is -0.146. The van der Waals surface area contributed by atoms with Gasteiger partial charge in [-0.15, -0.1) is 0 Å². The Morgan fingerprint density at radius 3 is 2.65 bits per heavy atom. The Balaban J connectivity index is 2.10. The second-order valence-electron chi connectivity index (χ2n) is 6.25. The van der Waals surface area contributed by atoms with Crippen molar-refractivity contribution in [2.45, 2.75) is 57.8 Å². The van der Waals surface area contributed by atoms with E-state index in [-0.39, 0.29) is 17.5 Å². The van der Waals surface area contributed by atoms with Gasteiger partial charge in [0, 0.05) is 5.92 Å². The highest BCUT2D eigenvalue weighted by Crippen LogP contribution is 2.62. The van der Waals surface area contributed by atoms with Crippen LogP contribution in [0.2, 0.25) is 19.6 Å². The first-order valence-electron chi connectivity index (χ1n) is 6.77. The summed E-state index contributed by atoms with van der Waals surface area (Å²) < 4.78 is 11.6. The summed E-state index contributed by atoms with van der Waals surface area (Å²) in [5.41, 5.74) is -0.144. The highest BCUT2D eigenvalue weighted by Gasteiger charge is 2.70. The lowest BCUT2D eigenvalue weighted by Crippen LogP contribution is -2.37. The molecule has 0 aromatic carbocycles. The van der Waals surface area contributed by atoms with Gasteiger partial charge in [0.25, 0.3) is 0 Å². The van der Waals surface area contributed by atoms with Crippen molar-refractivity contribution in [2.24, 2.45) is 11.8 Å². The Morgan fingerprint density at radius 1 is 1.35 bits per heavy atom. The number of ether oxygens (including phenoxy) is 1. The maximum atomic E-state index is 12.0. The molecule has 2 aliphatic rings. The van der Waals surface area contributed by atoms with Crippen LogP contribution in [0.1, 0.15) is 32.6 Å². The molecule has 0 bridgehead atoms. The van der Waals surface area contributed by atoms with Crippen molar-refractivity contribution in [3.8, 4) is 0 Å². The van der Waals surface area contributed by atoms with E-state index in [0.29, 0.717) is 12.5 Å². The van der Waals surface area contributed by atoms with E-state index in [0.717, 1.165) is 12.8 Å². The van der Waals surface area contributed by atoms with Crippen molar-refractivity contribution in [2.75, 3.05) is 6.61 Å². The third-order valence-electron chi connectivity index (χ3n) is 3.82. The molecule has 2 fully saturated rings. The molecule has 98 valence electrons. The molecule has 0 heterocycles. The number of carbonyl (C=O) groups is 1. The Hall–Kier alpha value is -0.353. The van der Waals surface area contributed by atoms with E-state index in [2.05, 4.69) is 19.6 Å². The number of hydrogen-bond donors (Lipinski definition) is 0. The van der Waals surface area contributed by atoms with E-state index in [1.165, 1.54) is 12.8 Å². The molecule has 0 aliphatic heterocycles. The quantitative estimate of drug-likeness (QED) is 0.573. The van der Waals surface area contributed by atoms with E-state index in [4.69, 9.17) is 9.16 Å². The molecule has 0 radical (unpaired) electrons. The fraction of sp³-hybridized carbons (Fsp3) is 0.923. The Kier molecular flexibility index (Phi) is 3.38. The van der Waals surface area contributed by atoms with Gasteiger partial charge < -0.3 is 9.16 Å². The minimum atomic E-state index is -1.59. The molecule has 3 nitrogen and oxygen atoms in total. The van der Waals surface area contributed by atoms with Crippen molar-refractivity contribution in [3.63, 3.8) is 0 Å². The van der Waals surface area contributed by atoms with Crippen molar-refractivity contribution >= 4 is 14.3 Å². The van der Waals surface area contributed by atoms with Gasteiger partial charge in [-0.1, -0.05) is 12.8 Å². The zero-order valence-corrected chi connectivity index (χ0v) is 12.4. The van der Waals surface area contributed by atoms with E-state index < -0.39 is 8.32 Å². The fourth-order valence-electron chi connectivity index (χ4n) is 3.37. The van der Waals surface area contributed by atoms with Crippen LogP contribution in [0.15, 0.2) is 0 Å². The van der Waals surface area contributed by atoms with Crippen molar-refractivity contribution in [1.82, 2.24) is 0 Å². The van der Waals surface area contributed by atoms with Crippen LogP contribution >= 0.6 is 0 Å². The van der Waals surface area contributed by atoms with Gasteiger partial charge in [-0.3, -0.25) is 4.79 Å². The highest BCUT2D eigenvalue weighted by molar-refractivity contribution is 6.69. The van der Waals surface area contributed by atoms with Crippen LogP contribution in [-0.2, 0) is 14.0 Å². The minimum Gasteiger partial charge on any atom is -0.466 e. The molecule has 0 amide bonds. The van der Waals surface area contributed by atoms with Crippen molar-refractivity contribution in [1.29, 1.82) is 0 Å². The summed E-state index contributed by atoms with van der Waals surface area (Å²) in [6, 6.07) is 0. The van der Waals surface area contributed by atoms with Crippen molar-refractivity contribution in [3.05, 3.63) is 0 Å². The molecule has 0 aromatic heterocycles. The second-order valence-corrected chi connectivity index (χ2v) is 10.7. The first-order valence-corrected chi connectivity index (χ1v) is 10.2. The molecule has 2 aliphatic carbocycles. The molecule has 4 heteroatoms. The molecular weight excluding hydrogens is 232 g/mol. The van der Waals surface area contributed by atoms with Crippen LogP contribution in [0.5, 0.6) is 0 Å². The third kappa shape index (κ3) is 2.43. The lowest BCUT2D eigenvalue weighted by atomic mass is 9.98.